The van der Waals surface area contributed by atoms with E-state index in [0.717, 1.165) is 27.6 Å². The highest BCUT2D eigenvalue weighted by Crippen LogP contribution is 2.29. The van der Waals surface area contributed by atoms with Crippen LogP contribution >= 0.6 is 23.2 Å². The Morgan fingerprint density at radius 3 is 2.09 bits per heavy atom. The third-order valence-electron chi connectivity index (χ3n) is 7.21. The molecule has 1 atom stereocenters. The zero-order valence-electron chi connectivity index (χ0n) is 24.9. The number of hydrogen-bond donors (Lipinski definition) is 1. The number of anilines is 1. The van der Waals surface area contributed by atoms with Gasteiger partial charge in [-0.15, -0.1) is 0 Å². The van der Waals surface area contributed by atoms with Gasteiger partial charge in [-0.2, -0.15) is 0 Å². The number of benzene rings is 4. The Balaban J connectivity index is 1.82. The van der Waals surface area contributed by atoms with Crippen LogP contribution in [0.4, 0.5) is 10.1 Å². The molecule has 0 aliphatic heterocycles. The largest absolute Gasteiger partial charge is 0.354 e. The van der Waals surface area contributed by atoms with E-state index in [9.17, 15) is 22.4 Å². The molecule has 0 saturated heterocycles. The molecule has 4 rings (SSSR count). The second-order valence-electron chi connectivity index (χ2n) is 10.5. The quantitative estimate of drug-likeness (QED) is 0.170. The number of hydrogen-bond acceptors (Lipinski definition) is 4. The van der Waals surface area contributed by atoms with Crippen LogP contribution in [0.2, 0.25) is 10.0 Å². The summed E-state index contributed by atoms with van der Waals surface area (Å²) in [5.41, 5.74) is 2.13. The Kier molecular flexibility index (Phi) is 11.6. The van der Waals surface area contributed by atoms with E-state index in [4.69, 9.17) is 23.2 Å². The number of carbonyl (C=O) groups excluding carboxylic acids is 2. The van der Waals surface area contributed by atoms with Gasteiger partial charge in [0.25, 0.3) is 10.0 Å². The molecular weight excluding hydrogens is 636 g/mol. The lowest BCUT2D eigenvalue weighted by atomic mass is 10.0. The highest BCUT2D eigenvalue weighted by atomic mass is 35.5. The van der Waals surface area contributed by atoms with Crippen LogP contribution in [0, 0.1) is 12.7 Å². The van der Waals surface area contributed by atoms with Gasteiger partial charge in [0.1, 0.15) is 18.4 Å². The lowest BCUT2D eigenvalue weighted by Gasteiger charge is -2.34. The first-order valence-corrected chi connectivity index (χ1v) is 16.6. The molecule has 236 valence electrons. The van der Waals surface area contributed by atoms with Gasteiger partial charge in [0, 0.05) is 35.1 Å². The fourth-order valence-corrected chi connectivity index (χ4v) is 6.68. The number of halogens is 3. The molecule has 0 spiro atoms. The summed E-state index contributed by atoms with van der Waals surface area (Å²) in [5, 5.41) is 3.46. The molecular formula is C34H34Cl2FN3O4S. The summed E-state index contributed by atoms with van der Waals surface area (Å²) in [6.07, 6.45) is 0.812. The highest BCUT2D eigenvalue weighted by Gasteiger charge is 2.35. The van der Waals surface area contributed by atoms with Crippen LogP contribution in [0.3, 0.4) is 0 Å². The van der Waals surface area contributed by atoms with Crippen molar-refractivity contribution in [3.8, 4) is 0 Å². The van der Waals surface area contributed by atoms with Crippen LogP contribution < -0.4 is 9.62 Å². The molecule has 2 amide bonds. The maximum atomic E-state index is 14.4. The molecule has 4 aromatic rings. The minimum atomic E-state index is -4.31. The summed E-state index contributed by atoms with van der Waals surface area (Å²) >= 11 is 13.0. The molecule has 0 bridgehead atoms. The van der Waals surface area contributed by atoms with Crippen LogP contribution in [0.5, 0.6) is 0 Å². The molecule has 0 aliphatic rings. The van der Waals surface area contributed by atoms with Gasteiger partial charge >= 0.3 is 0 Å². The molecule has 0 fully saturated rings. The lowest BCUT2D eigenvalue weighted by Crippen LogP contribution is -2.53. The monoisotopic (exact) mass is 669 g/mol. The van der Waals surface area contributed by atoms with Crippen molar-refractivity contribution in [1.29, 1.82) is 0 Å². The standard InChI is InChI=1S/C34H34Cl2FN3O4S/c1-3-20-38-34(42)32(21-25-8-5-4-6-9-25)39(22-29-30(35)10-7-11-31(29)36)33(41)23-40(27-16-14-26(37)15-17-27)45(43,44)28-18-12-24(2)13-19-28/h4-19,32H,3,20-23H2,1-2H3,(H,38,42)/t32-/m0/s1. The minimum absolute atomic E-state index is 0.0487. The summed E-state index contributed by atoms with van der Waals surface area (Å²) in [7, 11) is -4.31. The van der Waals surface area contributed by atoms with Gasteiger partial charge in [-0.3, -0.25) is 13.9 Å². The third kappa shape index (κ3) is 8.63. The molecule has 11 heteroatoms. The Hall–Kier alpha value is -3.92. The van der Waals surface area contributed by atoms with Crippen molar-refractivity contribution in [2.75, 3.05) is 17.4 Å². The van der Waals surface area contributed by atoms with E-state index in [1.165, 1.54) is 29.2 Å². The summed E-state index contributed by atoms with van der Waals surface area (Å²) in [4.78, 5) is 29.4. The molecule has 4 aromatic carbocycles. The summed E-state index contributed by atoms with van der Waals surface area (Å²) < 4.78 is 42.9. The lowest BCUT2D eigenvalue weighted by molar-refractivity contribution is -0.140. The average Bonchev–Trinajstić information content (AvgIpc) is 3.02. The Labute approximate surface area is 273 Å². The van der Waals surface area contributed by atoms with Gasteiger partial charge in [0.15, 0.2) is 0 Å². The molecule has 0 aromatic heterocycles. The van der Waals surface area contributed by atoms with E-state index in [0.29, 0.717) is 18.5 Å². The first kappa shape index (κ1) is 34.0. The van der Waals surface area contributed by atoms with Crippen molar-refractivity contribution in [3.63, 3.8) is 0 Å². The van der Waals surface area contributed by atoms with Crippen molar-refractivity contribution in [3.05, 3.63) is 130 Å². The van der Waals surface area contributed by atoms with Gasteiger partial charge < -0.3 is 10.2 Å². The van der Waals surface area contributed by atoms with Crippen molar-refractivity contribution in [2.24, 2.45) is 0 Å². The maximum Gasteiger partial charge on any atom is 0.264 e. The molecule has 0 unspecified atom stereocenters. The molecule has 0 heterocycles. The van der Waals surface area contributed by atoms with Crippen molar-refractivity contribution < 1.29 is 22.4 Å². The van der Waals surface area contributed by atoms with Gasteiger partial charge in [-0.1, -0.05) is 84.2 Å². The first-order valence-electron chi connectivity index (χ1n) is 14.4. The van der Waals surface area contributed by atoms with Crippen LogP contribution in [0.15, 0.2) is 102 Å². The van der Waals surface area contributed by atoms with E-state index >= 15 is 0 Å². The van der Waals surface area contributed by atoms with Crippen molar-refractivity contribution >= 4 is 50.7 Å². The van der Waals surface area contributed by atoms with E-state index in [1.807, 2.05) is 44.2 Å². The predicted octanol–water partition coefficient (Wildman–Crippen LogP) is 6.80. The summed E-state index contributed by atoms with van der Waals surface area (Å²) in [6.45, 7) is 3.26. The number of carbonyl (C=O) groups is 2. The van der Waals surface area contributed by atoms with Gasteiger partial charge in [0.2, 0.25) is 11.8 Å². The van der Waals surface area contributed by atoms with E-state index in [2.05, 4.69) is 5.32 Å². The topological polar surface area (TPSA) is 86.8 Å². The number of rotatable bonds is 13. The molecule has 1 N–H and O–H groups in total. The minimum Gasteiger partial charge on any atom is -0.354 e. The third-order valence-corrected chi connectivity index (χ3v) is 9.71. The number of sulfonamides is 1. The van der Waals surface area contributed by atoms with Crippen LogP contribution in [0.25, 0.3) is 0 Å². The number of aryl methyl sites for hydroxylation is 1. The Morgan fingerprint density at radius 1 is 0.867 bits per heavy atom. The van der Waals surface area contributed by atoms with Crippen molar-refractivity contribution in [2.45, 2.75) is 44.2 Å². The Morgan fingerprint density at radius 2 is 1.49 bits per heavy atom. The van der Waals surface area contributed by atoms with Gasteiger partial charge in [-0.05, 0) is 67.4 Å². The van der Waals surface area contributed by atoms with E-state index in [1.54, 1.807) is 30.3 Å². The molecule has 45 heavy (non-hydrogen) atoms. The highest BCUT2D eigenvalue weighted by molar-refractivity contribution is 7.92. The number of nitrogens with zero attached hydrogens (tertiary/aromatic N) is 2. The molecule has 0 radical (unpaired) electrons. The maximum absolute atomic E-state index is 14.4. The summed E-state index contributed by atoms with van der Waals surface area (Å²) in [5.74, 6) is -1.66. The Bertz CT molecular complexity index is 1700. The number of nitrogens with one attached hydrogen (secondary N) is 1. The van der Waals surface area contributed by atoms with Crippen molar-refractivity contribution in [1.82, 2.24) is 10.2 Å². The fraction of sp³-hybridized carbons (Fsp3) is 0.235. The fourth-order valence-electron chi connectivity index (χ4n) is 4.75. The van der Waals surface area contributed by atoms with E-state index < -0.39 is 40.2 Å². The van der Waals surface area contributed by atoms with E-state index in [-0.39, 0.29) is 33.6 Å². The SMILES string of the molecule is CCCNC(=O)[C@H](Cc1ccccc1)N(Cc1c(Cl)cccc1Cl)C(=O)CN(c1ccc(F)cc1)S(=O)(=O)c1ccc(C)cc1. The average molecular weight is 671 g/mol. The zero-order valence-corrected chi connectivity index (χ0v) is 27.2. The number of amides is 2. The second-order valence-corrected chi connectivity index (χ2v) is 13.2. The summed E-state index contributed by atoms with van der Waals surface area (Å²) in [6, 6.07) is 24.1. The van der Waals surface area contributed by atoms with Crippen LogP contribution in [0.1, 0.15) is 30.0 Å². The van der Waals surface area contributed by atoms with Crippen LogP contribution in [-0.2, 0) is 32.6 Å². The normalized spacial score (nSPS) is 11.9. The zero-order chi connectivity index (χ0) is 32.6. The second kappa shape index (κ2) is 15.4. The smallest absolute Gasteiger partial charge is 0.264 e. The van der Waals surface area contributed by atoms with Gasteiger partial charge in [0.05, 0.1) is 10.6 Å². The van der Waals surface area contributed by atoms with Crippen LogP contribution in [-0.4, -0.2) is 44.3 Å². The first-order chi connectivity index (χ1) is 21.5. The molecule has 7 nitrogen and oxygen atoms in total. The molecule has 0 aliphatic carbocycles. The predicted molar refractivity (Wildman–Crippen MR) is 176 cm³/mol. The van der Waals surface area contributed by atoms with Gasteiger partial charge in [-0.25, -0.2) is 12.8 Å². The molecule has 0 saturated carbocycles.